The molecule has 0 saturated carbocycles. The summed E-state index contributed by atoms with van der Waals surface area (Å²) in [6.45, 7) is -0.0615. The molecule has 5 rings (SSSR count). The van der Waals surface area contributed by atoms with Crippen molar-refractivity contribution in [2.45, 2.75) is 12.1 Å². The van der Waals surface area contributed by atoms with Crippen LogP contribution >= 0.6 is 0 Å². The van der Waals surface area contributed by atoms with E-state index >= 15 is 0 Å². The molecular weight excluding hydrogens is 392 g/mol. The Labute approximate surface area is 178 Å². The molecule has 0 bridgehead atoms. The predicted molar refractivity (Wildman–Crippen MR) is 112 cm³/mol. The van der Waals surface area contributed by atoms with Gasteiger partial charge in [0, 0.05) is 0 Å². The van der Waals surface area contributed by atoms with E-state index in [1.165, 1.54) is 4.68 Å². The van der Waals surface area contributed by atoms with Crippen molar-refractivity contribution < 1.29 is 9.59 Å². The summed E-state index contributed by atoms with van der Waals surface area (Å²) in [5, 5.41) is 14.7. The monoisotopic (exact) mass is 410 g/mol. The number of hydrogen-bond donors (Lipinski definition) is 1. The van der Waals surface area contributed by atoms with Gasteiger partial charge in [-0.05, 0) is 33.7 Å². The molecular formula is C23H18N6O2. The van der Waals surface area contributed by atoms with Crippen LogP contribution in [-0.2, 0) is 16.9 Å². The number of nitrogens with zero attached hydrogens (tertiary/aromatic N) is 5. The lowest BCUT2D eigenvalue weighted by molar-refractivity contribution is -0.130. The van der Waals surface area contributed by atoms with Crippen molar-refractivity contribution in [1.82, 2.24) is 30.4 Å². The minimum atomic E-state index is -1.31. The van der Waals surface area contributed by atoms with Gasteiger partial charge < -0.3 is 5.32 Å². The van der Waals surface area contributed by atoms with E-state index in [1.54, 1.807) is 0 Å². The molecule has 1 aromatic heterocycles. The molecule has 0 atom stereocenters. The van der Waals surface area contributed by atoms with Gasteiger partial charge in [0.15, 0.2) is 11.4 Å². The van der Waals surface area contributed by atoms with Gasteiger partial charge >= 0.3 is 6.03 Å². The Morgan fingerprint density at radius 3 is 1.90 bits per heavy atom. The first kappa shape index (κ1) is 18.7. The van der Waals surface area contributed by atoms with Crippen molar-refractivity contribution >= 4 is 11.9 Å². The summed E-state index contributed by atoms with van der Waals surface area (Å²) in [5.74, 6) is 0.00383. The summed E-state index contributed by atoms with van der Waals surface area (Å²) in [6, 6.07) is 27.3. The highest BCUT2D eigenvalue weighted by atomic mass is 16.2. The van der Waals surface area contributed by atoms with Crippen LogP contribution in [0.1, 0.15) is 17.0 Å². The fourth-order valence-electron chi connectivity index (χ4n) is 3.87. The van der Waals surface area contributed by atoms with Crippen LogP contribution in [0.3, 0.4) is 0 Å². The average Bonchev–Trinajstić information content (AvgIpc) is 3.39. The molecule has 1 saturated heterocycles. The normalized spacial score (nSPS) is 15.2. The zero-order chi connectivity index (χ0) is 21.3. The molecule has 0 unspecified atom stereocenters. The third-order valence-corrected chi connectivity index (χ3v) is 5.35. The predicted octanol–water partition coefficient (Wildman–Crippen LogP) is 2.66. The average molecular weight is 410 g/mol. The molecule has 0 spiro atoms. The minimum absolute atomic E-state index is 0.0615. The van der Waals surface area contributed by atoms with Crippen molar-refractivity contribution in [1.29, 1.82) is 0 Å². The third-order valence-electron chi connectivity index (χ3n) is 5.35. The van der Waals surface area contributed by atoms with Gasteiger partial charge in [-0.2, -0.15) is 4.68 Å². The van der Waals surface area contributed by atoms with Crippen molar-refractivity contribution in [2.75, 3.05) is 0 Å². The number of urea groups is 1. The first-order valence-corrected chi connectivity index (χ1v) is 9.78. The molecule has 8 nitrogen and oxygen atoms in total. The number of amides is 3. The molecule has 152 valence electrons. The first-order chi connectivity index (χ1) is 15.2. The van der Waals surface area contributed by atoms with Crippen LogP contribution in [0.25, 0.3) is 5.69 Å². The zero-order valence-electron chi connectivity index (χ0n) is 16.4. The maximum atomic E-state index is 13.8. The zero-order valence-corrected chi connectivity index (χ0v) is 16.4. The summed E-state index contributed by atoms with van der Waals surface area (Å²) in [7, 11) is 0. The summed E-state index contributed by atoms with van der Waals surface area (Å²) < 4.78 is 1.52. The Hall–Kier alpha value is -4.33. The summed E-state index contributed by atoms with van der Waals surface area (Å²) >= 11 is 0. The Morgan fingerprint density at radius 2 is 1.32 bits per heavy atom. The van der Waals surface area contributed by atoms with E-state index < -0.39 is 11.6 Å². The number of rotatable bonds is 5. The molecule has 1 N–H and O–H groups in total. The lowest BCUT2D eigenvalue weighted by atomic mass is 9.82. The molecule has 1 fully saturated rings. The maximum Gasteiger partial charge on any atom is 0.325 e. The second-order valence-corrected chi connectivity index (χ2v) is 7.15. The molecule has 2 heterocycles. The van der Waals surface area contributed by atoms with E-state index in [4.69, 9.17) is 0 Å². The van der Waals surface area contributed by atoms with Crippen LogP contribution in [0.2, 0.25) is 0 Å². The quantitative estimate of drug-likeness (QED) is 0.511. The molecule has 0 aliphatic carbocycles. The van der Waals surface area contributed by atoms with E-state index in [2.05, 4.69) is 20.8 Å². The SMILES string of the molecule is O=C1NC(c2ccccc2)(c2ccccc2)C(=O)N1Cc1nnnn1-c1ccccc1. The van der Waals surface area contributed by atoms with E-state index in [9.17, 15) is 9.59 Å². The second kappa shape index (κ2) is 7.49. The summed E-state index contributed by atoms with van der Waals surface area (Å²) in [5.41, 5.74) is 0.797. The molecule has 0 radical (unpaired) electrons. The number of aromatic nitrogens is 4. The van der Waals surface area contributed by atoms with Gasteiger partial charge in [0.2, 0.25) is 0 Å². The Kier molecular flexibility index (Phi) is 4.51. The molecule has 8 heteroatoms. The largest absolute Gasteiger partial charge is 0.325 e. The number of tetrazole rings is 1. The molecule has 4 aromatic rings. The van der Waals surface area contributed by atoms with Gasteiger partial charge in [0.25, 0.3) is 5.91 Å². The lowest BCUT2D eigenvalue weighted by Gasteiger charge is -2.28. The molecule has 31 heavy (non-hydrogen) atoms. The Bertz CT molecular complexity index is 1190. The van der Waals surface area contributed by atoms with E-state index in [-0.39, 0.29) is 12.5 Å². The number of carbonyl (C=O) groups excluding carboxylic acids is 2. The van der Waals surface area contributed by atoms with Crippen LogP contribution < -0.4 is 5.32 Å². The summed E-state index contributed by atoms with van der Waals surface area (Å²) in [6.07, 6.45) is 0. The standard InChI is InChI=1S/C23H18N6O2/c30-21-23(17-10-4-1-5-11-17,18-12-6-2-7-13-18)24-22(31)28(21)16-20-25-26-27-29(20)19-14-8-3-9-15-19/h1-15H,16H2,(H,24,31). The minimum Gasteiger partial charge on any atom is -0.315 e. The van der Waals surface area contributed by atoms with Gasteiger partial charge in [-0.15, -0.1) is 5.10 Å². The van der Waals surface area contributed by atoms with Gasteiger partial charge in [0.1, 0.15) is 0 Å². The molecule has 3 aromatic carbocycles. The highest BCUT2D eigenvalue weighted by molar-refractivity contribution is 6.09. The van der Waals surface area contributed by atoms with Crippen molar-refractivity contribution in [3.05, 3.63) is 108 Å². The lowest BCUT2D eigenvalue weighted by Crippen LogP contribution is -2.45. The highest BCUT2D eigenvalue weighted by Gasteiger charge is 2.53. The Balaban J connectivity index is 1.56. The van der Waals surface area contributed by atoms with Crippen molar-refractivity contribution in [2.24, 2.45) is 0 Å². The topological polar surface area (TPSA) is 93.0 Å². The fraction of sp³-hybridized carbons (Fsp3) is 0.0870. The van der Waals surface area contributed by atoms with Crippen LogP contribution in [0.5, 0.6) is 0 Å². The number of nitrogens with one attached hydrogen (secondary N) is 1. The molecule has 1 aliphatic rings. The smallest absolute Gasteiger partial charge is 0.315 e. The van der Waals surface area contributed by atoms with Gasteiger partial charge in [-0.3, -0.25) is 9.69 Å². The molecule has 3 amide bonds. The maximum absolute atomic E-state index is 13.8. The highest BCUT2D eigenvalue weighted by Crippen LogP contribution is 2.36. The number of imide groups is 1. The van der Waals surface area contributed by atoms with Gasteiger partial charge in [-0.1, -0.05) is 78.9 Å². The van der Waals surface area contributed by atoms with Crippen LogP contribution in [0.15, 0.2) is 91.0 Å². The second-order valence-electron chi connectivity index (χ2n) is 7.15. The number of para-hydroxylation sites is 1. The van der Waals surface area contributed by atoms with E-state index in [1.807, 2.05) is 91.0 Å². The number of carbonyl (C=O) groups is 2. The Morgan fingerprint density at radius 1 is 0.774 bits per heavy atom. The third kappa shape index (κ3) is 3.05. The van der Waals surface area contributed by atoms with Crippen LogP contribution in [0, 0.1) is 0 Å². The van der Waals surface area contributed by atoms with Gasteiger partial charge in [-0.25, -0.2) is 4.79 Å². The number of hydrogen-bond acceptors (Lipinski definition) is 5. The molecule has 1 aliphatic heterocycles. The van der Waals surface area contributed by atoms with Crippen molar-refractivity contribution in [3.63, 3.8) is 0 Å². The number of benzene rings is 3. The summed E-state index contributed by atoms with van der Waals surface area (Å²) in [4.78, 5) is 28.0. The van der Waals surface area contributed by atoms with Crippen LogP contribution in [0.4, 0.5) is 4.79 Å². The van der Waals surface area contributed by atoms with Crippen molar-refractivity contribution in [3.8, 4) is 5.69 Å². The fourth-order valence-corrected chi connectivity index (χ4v) is 3.87. The van der Waals surface area contributed by atoms with Gasteiger partial charge in [0.05, 0.1) is 12.2 Å². The first-order valence-electron chi connectivity index (χ1n) is 9.78. The van der Waals surface area contributed by atoms with E-state index in [0.717, 1.165) is 10.6 Å². The van der Waals surface area contributed by atoms with E-state index in [0.29, 0.717) is 17.0 Å². The van der Waals surface area contributed by atoms with Crippen LogP contribution in [-0.4, -0.2) is 37.0 Å².